The van der Waals surface area contributed by atoms with Crippen LogP contribution in [-0.2, 0) is 0 Å². The highest BCUT2D eigenvalue weighted by atomic mass is 16.5. The molecule has 1 aromatic carbocycles. The van der Waals surface area contributed by atoms with Crippen LogP contribution in [0.5, 0.6) is 11.5 Å². The third-order valence-corrected chi connectivity index (χ3v) is 5.46. The average Bonchev–Trinajstić information content (AvgIpc) is 2.55. The van der Waals surface area contributed by atoms with Crippen LogP contribution >= 0.6 is 0 Å². The van der Waals surface area contributed by atoms with E-state index in [2.05, 4.69) is 5.32 Å². The molecule has 3 N–H and O–H groups in total. The van der Waals surface area contributed by atoms with Crippen LogP contribution in [0, 0.1) is 11.8 Å². The molecule has 0 radical (unpaired) electrons. The highest BCUT2D eigenvalue weighted by molar-refractivity contribution is 5.95. The minimum absolute atomic E-state index is 0.0354. The number of nitrogens with one attached hydrogen (secondary N) is 1. The van der Waals surface area contributed by atoms with E-state index >= 15 is 0 Å². The first-order valence-corrected chi connectivity index (χ1v) is 9.39. The third-order valence-electron chi connectivity index (χ3n) is 5.46. The number of hydrogen-bond acceptors (Lipinski definition) is 4. The Labute approximate surface area is 150 Å². The van der Waals surface area contributed by atoms with E-state index in [1.807, 2.05) is 19.9 Å². The molecule has 0 aromatic heterocycles. The average molecular weight is 346 g/mol. The molecule has 0 spiro atoms. The second-order valence-corrected chi connectivity index (χ2v) is 7.71. The standard InChI is InChI=1S/C20H30N2O3/c1-12(2)25-17-8-7-15(11-18(17)24-3)20(23)22-19-13-5-4-6-14(19)10-16(21)9-13/h7-8,11-14,16,19H,4-6,9-10,21H2,1-3H3,(H,22,23). The lowest BCUT2D eigenvalue weighted by atomic mass is 9.67. The van der Waals surface area contributed by atoms with Gasteiger partial charge in [-0.15, -0.1) is 0 Å². The molecular weight excluding hydrogens is 316 g/mol. The molecule has 3 rings (SSSR count). The van der Waals surface area contributed by atoms with E-state index < -0.39 is 0 Å². The van der Waals surface area contributed by atoms with E-state index in [9.17, 15) is 4.79 Å². The van der Waals surface area contributed by atoms with E-state index in [0.717, 1.165) is 12.8 Å². The van der Waals surface area contributed by atoms with Crippen LogP contribution in [0.1, 0.15) is 56.3 Å². The van der Waals surface area contributed by atoms with Gasteiger partial charge in [0.25, 0.3) is 5.91 Å². The van der Waals surface area contributed by atoms with Gasteiger partial charge in [0.05, 0.1) is 13.2 Å². The molecule has 2 aliphatic carbocycles. The number of methoxy groups -OCH3 is 1. The van der Waals surface area contributed by atoms with Gasteiger partial charge in [-0.3, -0.25) is 4.79 Å². The summed E-state index contributed by atoms with van der Waals surface area (Å²) in [4.78, 5) is 12.8. The Morgan fingerprint density at radius 2 is 1.88 bits per heavy atom. The van der Waals surface area contributed by atoms with E-state index in [0.29, 0.717) is 28.9 Å². The third kappa shape index (κ3) is 4.09. The molecule has 5 nitrogen and oxygen atoms in total. The van der Waals surface area contributed by atoms with Crippen molar-refractivity contribution in [3.8, 4) is 11.5 Å². The van der Waals surface area contributed by atoms with Crippen molar-refractivity contribution >= 4 is 5.91 Å². The summed E-state index contributed by atoms with van der Waals surface area (Å²) in [6, 6.07) is 5.91. The monoisotopic (exact) mass is 346 g/mol. The second-order valence-electron chi connectivity index (χ2n) is 7.71. The number of benzene rings is 1. The van der Waals surface area contributed by atoms with Crippen molar-refractivity contribution in [3.05, 3.63) is 23.8 Å². The van der Waals surface area contributed by atoms with Crippen LogP contribution in [0.2, 0.25) is 0 Å². The van der Waals surface area contributed by atoms with Crippen LogP contribution in [-0.4, -0.2) is 31.2 Å². The van der Waals surface area contributed by atoms with Crippen molar-refractivity contribution in [1.82, 2.24) is 5.32 Å². The number of carbonyl (C=O) groups excluding carboxylic acids is 1. The number of carbonyl (C=O) groups is 1. The molecule has 0 heterocycles. The predicted molar refractivity (Wildman–Crippen MR) is 98.1 cm³/mol. The summed E-state index contributed by atoms with van der Waals surface area (Å²) in [6.45, 7) is 3.93. The first kappa shape index (κ1) is 18.1. The smallest absolute Gasteiger partial charge is 0.251 e. The molecule has 2 atom stereocenters. The van der Waals surface area contributed by atoms with Crippen LogP contribution in [0.4, 0.5) is 0 Å². The number of fused-ring (bicyclic) bond motifs is 2. The molecule has 1 aromatic rings. The van der Waals surface area contributed by atoms with Gasteiger partial charge in [-0.2, -0.15) is 0 Å². The summed E-state index contributed by atoms with van der Waals surface area (Å²) in [7, 11) is 1.59. The van der Waals surface area contributed by atoms with Crippen molar-refractivity contribution in [2.45, 2.75) is 64.1 Å². The normalized spacial score (nSPS) is 28.5. The minimum atomic E-state index is -0.0354. The number of ether oxygens (including phenoxy) is 2. The number of nitrogens with two attached hydrogens (primary N) is 1. The van der Waals surface area contributed by atoms with E-state index in [1.165, 1.54) is 19.3 Å². The maximum Gasteiger partial charge on any atom is 0.251 e. The van der Waals surface area contributed by atoms with Crippen LogP contribution in [0.25, 0.3) is 0 Å². The van der Waals surface area contributed by atoms with Gasteiger partial charge in [-0.25, -0.2) is 0 Å². The Morgan fingerprint density at radius 3 is 2.48 bits per heavy atom. The van der Waals surface area contributed by atoms with Gasteiger partial charge < -0.3 is 20.5 Å². The van der Waals surface area contributed by atoms with Crippen LogP contribution in [0.15, 0.2) is 18.2 Å². The Bertz CT molecular complexity index is 603. The van der Waals surface area contributed by atoms with Gasteiger partial charge in [0.2, 0.25) is 0 Å². The fourth-order valence-corrected chi connectivity index (χ4v) is 4.42. The zero-order chi connectivity index (χ0) is 18.0. The summed E-state index contributed by atoms with van der Waals surface area (Å²) in [6.07, 6.45) is 5.68. The van der Waals surface area contributed by atoms with Gasteiger partial charge in [-0.05, 0) is 69.6 Å². The predicted octanol–water partition coefficient (Wildman–Crippen LogP) is 3.12. The van der Waals surface area contributed by atoms with E-state index in [4.69, 9.17) is 15.2 Å². The molecule has 138 valence electrons. The van der Waals surface area contributed by atoms with Crippen molar-refractivity contribution in [2.75, 3.05) is 7.11 Å². The lowest BCUT2D eigenvalue weighted by Crippen LogP contribution is -2.53. The van der Waals surface area contributed by atoms with Crippen molar-refractivity contribution in [2.24, 2.45) is 17.6 Å². The summed E-state index contributed by atoms with van der Waals surface area (Å²) in [5.41, 5.74) is 6.79. The largest absolute Gasteiger partial charge is 0.493 e. The number of rotatable bonds is 5. The van der Waals surface area contributed by atoms with Crippen LogP contribution < -0.4 is 20.5 Å². The lowest BCUT2D eigenvalue weighted by Gasteiger charge is -2.45. The topological polar surface area (TPSA) is 73.6 Å². The zero-order valence-electron chi connectivity index (χ0n) is 15.5. The highest BCUT2D eigenvalue weighted by Crippen LogP contribution is 2.40. The highest BCUT2D eigenvalue weighted by Gasteiger charge is 2.40. The molecule has 5 heteroatoms. The molecule has 1 amide bonds. The Hall–Kier alpha value is -1.75. The minimum Gasteiger partial charge on any atom is -0.493 e. The summed E-state index contributed by atoms with van der Waals surface area (Å²) in [5, 5.41) is 3.28. The molecule has 2 aliphatic rings. The Kier molecular flexibility index (Phi) is 5.52. The quantitative estimate of drug-likeness (QED) is 0.859. The molecule has 0 aliphatic heterocycles. The molecule has 0 saturated heterocycles. The van der Waals surface area contributed by atoms with Gasteiger partial charge in [0, 0.05) is 17.6 Å². The van der Waals surface area contributed by atoms with Crippen LogP contribution in [0.3, 0.4) is 0 Å². The maximum atomic E-state index is 12.8. The molecule has 25 heavy (non-hydrogen) atoms. The van der Waals surface area contributed by atoms with E-state index in [-0.39, 0.29) is 24.1 Å². The van der Waals surface area contributed by atoms with Gasteiger partial charge >= 0.3 is 0 Å². The second kappa shape index (κ2) is 7.65. The summed E-state index contributed by atoms with van der Waals surface area (Å²) in [5.74, 6) is 2.24. The van der Waals surface area contributed by atoms with Crippen molar-refractivity contribution in [1.29, 1.82) is 0 Å². The lowest BCUT2D eigenvalue weighted by molar-refractivity contribution is 0.0755. The zero-order valence-corrected chi connectivity index (χ0v) is 15.5. The van der Waals surface area contributed by atoms with Crippen molar-refractivity contribution in [3.63, 3.8) is 0 Å². The molecule has 2 unspecified atom stereocenters. The summed E-state index contributed by atoms with van der Waals surface area (Å²) < 4.78 is 11.1. The first-order chi connectivity index (χ1) is 12.0. The SMILES string of the molecule is COc1cc(C(=O)NC2C3CCCC2CC(N)C3)ccc1OC(C)C. The fraction of sp³-hybridized carbons (Fsp3) is 0.650. The maximum absolute atomic E-state index is 12.8. The molecular formula is C20H30N2O3. The Balaban J connectivity index is 1.73. The number of hydrogen-bond donors (Lipinski definition) is 2. The number of amides is 1. The molecule has 2 saturated carbocycles. The van der Waals surface area contributed by atoms with Crippen molar-refractivity contribution < 1.29 is 14.3 Å². The Morgan fingerprint density at radius 1 is 1.20 bits per heavy atom. The van der Waals surface area contributed by atoms with Gasteiger partial charge in [-0.1, -0.05) is 6.42 Å². The molecule has 2 fully saturated rings. The van der Waals surface area contributed by atoms with Gasteiger partial charge in [0.1, 0.15) is 0 Å². The van der Waals surface area contributed by atoms with E-state index in [1.54, 1.807) is 19.2 Å². The fourth-order valence-electron chi connectivity index (χ4n) is 4.42. The molecule has 2 bridgehead atoms. The first-order valence-electron chi connectivity index (χ1n) is 9.39. The summed E-state index contributed by atoms with van der Waals surface area (Å²) >= 11 is 0. The van der Waals surface area contributed by atoms with Gasteiger partial charge in [0.15, 0.2) is 11.5 Å².